The van der Waals surface area contributed by atoms with Crippen molar-refractivity contribution in [2.75, 3.05) is 4.90 Å². The van der Waals surface area contributed by atoms with Gasteiger partial charge in [-0.1, -0.05) is 6.07 Å². The Labute approximate surface area is 140 Å². The van der Waals surface area contributed by atoms with Gasteiger partial charge in [0.05, 0.1) is 0 Å². The summed E-state index contributed by atoms with van der Waals surface area (Å²) in [6.07, 6.45) is 3.36. The summed E-state index contributed by atoms with van der Waals surface area (Å²) in [5, 5.41) is 0. The summed E-state index contributed by atoms with van der Waals surface area (Å²) in [6.45, 7) is 1.26. The maximum absolute atomic E-state index is 13.3. The van der Waals surface area contributed by atoms with Gasteiger partial charge in [0.1, 0.15) is 16.1 Å². The van der Waals surface area contributed by atoms with Gasteiger partial charge in [0.15, 0.2) is 5.82 Å². The fourth-order valence-corrected chi connectivity index (χ4v) is 2.88. The van der Waals surface area contributed by atoms with E-state index in [1.54, 1.807) is 30.6 Å². The van der Waals surface area contributed by atoms with Crippen LogP contribution >= 0.6 is 15.9 Å². The maximum atomic E-state index is 13.3. The number of fused-ring (bicyclic) bond motifs is 1. The zero-order valence-electron chi connectivity index (χ0n) is 11.9. The fraction of sp³-hybridized carbons (Fsp3) is 0.125. The molecule has 0 saturated carbocycles. The largest absolute Gasteiger partial charge is 0.332 e. The van der Waals surface area contributed by atoms with Gasteiger partial charge in [0.2, 0.25) is 5.95 Å². The zero-order valence-corrected chi connectivity index (χ0v) is 13.5. The molecule has 5 nitrogen and oxygen atoms in total. The summed E-state index contributed by atoms with van der Waals surface area (Å²) in [5.74, 6) is 0.899. The molecule has 3 aromatic rings. The van der Waals surface area contributed by atoms with Crippen LogP contribution in [0.5, 0.6) is 0 Å². The number of rotatable bonds is 2. The van der Waals surface area contributed by atoms with Crippen LogP contribution < -0.4 is 4.90 Å². The molecule has 0 bridgehead atoms. The number of halogens is 2. The van der Waals surface area contributed by atoms with E-state index < -0.39 is 0 Å². The number of anilines is 1. The lowest BCUT2D eigenvalue weighted by molar-refractivity contribution is 0.626. The van der Waals surface area contributed by atoms with Crippen molar-refractivity contribution >= 4 is 21.9 Å². The Balaban J connectivity index is 1.65. The summed E-state index contributed by atoms with van der Waals surface area (Å²) < 4.78 is 14.0. The number of aromatic nitrogens is 4. The number of benzene rings is 1. The van der Waals surface area contributed by atoms with Crippen LogP contribution in [-0.4, -0.2) is 19.9 Å². The number of hydrogen-bond acceptors (Lipinski definition) is 5. The van der Waals surface area contributed by atoms with Crippen LogP contribution in [0.15, 0.2) is 47.3 Å². The summed E-state index contributed by atoms with van der Waals surface area (Å²) in [5.41, 5.74) is 2.72. The lowest BCUT2D eigenvalue weighted by Gasteiger charge is -2.15. The molecule has 4 rings (SSSR count). The Hall–Kier alpha value is -2.41. The lowest BCUT2D eigenvalue weighted by atomic mass is 10.1. The first kappa shape index (κ1) is 14.2. The van der Waals surface area contributed by atoms with Crippen LogP contribution in [0.3, 0.4) is 0 Å². The normalized spacial score (nSPS) is 13.2. The van der Waals surface area contributed by atoms with Crippen LogP contribution in [0.2, 0.25) is 0 Å². The van der Waals surface area contributed by atoms with E-state index in [-0.39, 0.29) is 5.82 Å². The van der Waals surface area contributed by atoms with Gasteiger partial charge >= 0.3 is 0 Å². The van der Waals surface area contributed by atoms with E-state index in [2.05, 4.69) is 35.9 Å². The van der Waals surface area contributed by atoms with Crippen molar-refractivity contribution < 1.29 is 4.39 Å². The van der Waals surface area contributed by atoms with Gasteiger partial charge in [0, 0.05) is 25.5 Å². The van der Waals surface area contributed by atoms with Gasteiger partial charge in [-0.3, -0.25) is 0 Å². The van der Waals surface area contributed by atoms with Crippen LogP contribution in [0.25, 0.3) is 11.5 Å². The summed E-state index contributed by atoms with van der Waals surface area (Å²) in [4.78, 5) is 19.4. The first-order valence-corrected chi connectivity index (χ1v) is 7.82. The van der Waals surface area contributed by atoms with Gasteiger partial charge in [-0.05, 0) is 51.3 Å². The van der Waals surface area contributed by atoms with Crippen LogP contribution in [0, 0.1) is 5.82 Å². The highest BCUT2D eigenvalue weighted by Gasteiger charge is 2.22. The molecule has 0 amide bonds. The Morgan fingerprint density at radius 3 is 2.65 bits per heavy atom. The Morgan fingerprint density at radius 2 is 1.78 bits per heavy atom. The minimum atomic E-state index is -0.220. The summed E-state index contributed by atoms with van der Waals surface area (Å²) in [6, 6.07) is 8.39. The molecule has 0 aliphatic carbocycles. The van der Waals surface area contributed by atoms with E-state index in [9.17, 15) is 4.39 Å². The Bertz CT molecular complexity index is 886. The van der Waals surface area contributed by atoms with Crippen LogP contribution in [-0.2, 0) is 13.1 Å². The van der Waals surface area contributed by atoms with Crippen molar-refractivity contribution in [2.24, 2.45) is 0 Å². The predicted molar refractivity (Wildman–Crippen MR) is 87.0 cm³/mol. The maximum Gasteiger partial charge on any atom is 0.226 e. The van der Waals surface area contributed by atoms with Gasteiger partial charge in [-0.25, -0.2) is 24.3 Å². The van der Waals surface area contributed by atoms with E-state index in [0.717, 1.165) is 11.1 Å². The van der Waals surface area contributed by atoms with E-state index in [1.165, 1.54) is 6.07 Å². The zero-order chi connectivity index (χ0) is 15.8. The van der Waals surface area contributed by atoms with E-state index in [0.29, 0.717) is 35.2 Å². The third kappa shape index (κ3) is 2.79. The molecule has 1 aliphatic heterocycles. The Morgan fingerprint density at radius 1 is 0.957 bits per heavy atom. The molecule has 0 unspecified atom stereocenters. The minimum absolute atomic E-state index is 0.220. The molecule has 7 heteroatoms. The average molecular weight is 372 g/mol. The number of hydrogen-bond donors (Lipinski definition) is 0. The van der Waals surface area contributed by atoms with Crippen molar-refractivity contribution in [1.29, 1.82) is 0 Å². The van der Waals surface area contributed by atoms with Crippen molar-refractivity contribution in [3.05, 3.63) is 64.3 Å². The number of nitrogens with zero attached hydrogens (tertiary/aromatic N) is 5. The van der Waals surface area contributed by atoms with Crippen molar-refractivity contribution in [3.8, 4) is 11.5 Å². The van der Waals surface area contributed by atoms with Crippen molar-refractivity contribution in [2.45, 2.75) is 13.1 Å². The Kier molecular flexibility index (Phi) is 3.49. The van der Waals surface area contributed by atoms with Gasteiger partial charge in [-0.15, -0.1) is 0 Å². The molecule has 114 valence electrons. The molecule has 0 radical (unpaired) electrons. The lowest BCUT2D eigenvalue weighted by Crippen LogP contribution is -2.17. The molecule has 2 aromatic heterocycles. The van der Waals surface area contributed by atoms with E-state index in [1.807, 2.05) is 11.0 Å². The molecule has 0 atom stereocenters. The SMILES string of the molecule is Fc1ccc2c(c1)CN(c1nccc(-c3nccc(Br)n3)n1)C2. The highest BCUT2D eigenvalue weighted by molar-refractivity contribution is 9.10. The van der Waals surface area contributed by atoms with Crippen molar-refractivity contribution in [3.63, 3.8) is 0 Å². The molecular weight excluding hydrogens is 361 g/mol. The topological polar surface area (TPSA) is 54.8 Å². The van der Waals surface area contributed by atoms with Gasteiger partial charge < -0.3 is 4.90 Å². The molecule has 0 spiro atoms. The molecule has 1 aromatic carbocycles. The molecule has 1 aliphatic rings. The standard InChI is InChI=1S/C16H11BrFN5/c17-14-4-6-19-15(22-14)13-3-5-20-16(21-13)23-8-10-1-2-12(18)7-11(10)9-23/h1-7H,8-9H2. The highest BCUT2D eigenvalue weighted by atomic mass is 79.9. The molecule has 0 N–H and O–H groups in total. The van der Waals surface area contributed by atoms with E-state index >= 15 is 0 Å². The quantitative estimate of drug-likeness (QED) is 0.646. The highest BCUT2D eigenvalue weighted by Crippen LogP contribution is 2.27. The van der Waals surface area contributed by atoms with Crippen LogP contribution in [0.4, 0.5) is 10.3 Å². The molecule has 3 heterocycles. The molecule has 23 heavy (non-hydrogen) atoms. The summed E-state index contributed by atoms with van der Waals surface area (Å²) in [7, 11) is 0. The van der Waals surface area contributed by atoms with Gasteiger partial charge in [0.25, 0.3) is 0 Å². The molecule has 0 fully saturated rings. The van der Waals surface area contributed by atoms with E-state index in [4.69, 9.17) is 0 Å². The van der Waals surface area contributed by atoms with Crippen molar-refractivity contribution in [1.82, 2.24) is 19.9 Å². The van der Waals surface area contributed by atoms with Gasteiger partial charge in [-0.2, -0.15) is 0 Å². The average Bonchev–Trinajstić information content (AvgIpc) is 2.98. The first-order chi connectivity index (χ1) is 11.2. The van der Waals surface area contributed by atoms with Crippen LogP contribution in [0.1, 0.15) is 11.1 Å². The molecule has 0 saturated heterocycles. The monoisotopic (exact) mass is 371 g/mol. The minimum Gasteiger partial charge on any atom is -0.332 e. The second-order valence-corrected chi connectivity index (χ2v) is 6.03. The second-order valence-electron chi connectivity index (χ2n) is 5.21. The third-order valence-electron chi connectivity index (χ3n) is 3.67. The smallest absolute Gasteiger partial charge is 0.226 e. The predicted octanol–water partition coefficient (Wildman–Crippen LogP) is 3.36. The fourth-order valence-electron chi connectivity index (χ4n) is 2.59. The molecular formula is C16H11BrFN5. The summed E-state index contributed by atoms with van der Waals surface area (Å²) >= 11 is 3.33. The second kappa shape index (κ2) is 5.66. The first-order valence-electron chi connectivity index (χ1n) is 7.03. The third-order valence-corrected chi connectivity index (χ3v) is 4.11.